The van der Waals surface area contributed by atoms with Crippen molar-refractivity contribution in [2.45, 2.75) is 39.3 Å². The van der Waals surface area contributed by atoms with Crippen LogP contribution in [0, 0.1) is 0 Å². The van der Waals surface area contributed by atoms with E-state index in [-0.39, 0.29) is 5.91 Å². The fourth-order valence-electron chi connectivity index (χ4n) is 1.95. The van der Waals surface area contributed by atoms with Crippen LogP contribution < -0.4 is 11.1 Å². The number of nitrogens with two attached hydrogens (primary N) is 1. The van der Waals surface area contributed by atoms with Crippen LogP contribution in [-0.4, -0.2) is 30.4 Å². The Hall–Kier alpha value is -1.39. The Bertz CT molecular complexity index is 389. The smallest absolute Gasteiger partial charge is 0.238 e. The van der Waals surface area contributed by atoms with E-state index in [4.69, 9.17) is 5.73 Å². The second-order valence-corrected chi connectivity index (χ2v) is 5.00. The molecule has 0 aliphatic heterocycles. The summed E-state index contributed by atoms with van der Waals surface area (Å²) in [6, 6.07) is 8.05. The van der Waals surface area contributed by atoms with Crippen molar-refractivity contribution in [3.05, 3.63) is 29.8 Å². The molecule has 4 heteroatoms. The third-order valence-corrected chi connectivity index (χ3v) is 3.33. The molecule has 106 valence electrons. The molecule has 0 spiro atoms. The van der Waals surface area contributed by atoms with E-state index in [2.05, 4.69) is 24.1 Å². The monoisotopic (exact) mass is 263 g/mol. The Labute approximate surface area is 116 Å². The van der Waals surface area contributed by atoms with Crippen molar-refractivity contribution in [2.24, 2.45) is 5.73 Å². The van der Waals surface area contributed by atoms with E-state index < -0.39 is 0 Å². The van der Waals surface area contributed by atoms with Crippen LogP contribution in [0.1, 0.15) is 32.3 Å². The number of nitrogens with zero attached hydrogens (tertiary/aromatic N) is 1. The molecule has 0 aliphatic rings. The molecule has 0 aromatic heterocycles. The van der Waals surface area contributed by atoms with Crippen LogP contribution in [-0.2, 0) is 11.3 Å². The molecule has 0 heterocycles. The highest BCUT2D eigenvalue weighted by molar-refractivity contribution is 5.92. The minimum absolute atomic E-state index is 0.0194. The molecule has 0 bridgehead atoms. The fourth-order valence-corrected chi connectivity index (χ4v) is 1.95. The Morgan fingerprint density at radius 1 is 1.37 bits per heavy atom. The van der Waals surface area contributed by atoms with E-state index in [1.807, 2.05) is 31.3 Å². The normalized spacial score (nSPS) is 12.5. The topological polar surface area (TPSA) is 58.4 Å². The van der Waals surface area contributed by atoms with E-state index in [0.717, 1.165) is 24.1 Å². The van der Waals surface area contributed by atoms with Crippen LogP contribution in [0.5, 0.6) is 0 Å². The van der Waals surface area contributed by atoms with Gasteiger partial charge in [0.05, 0.1) is 6.54 Å². The highest BCUT2D eigenvalue weighted by atomic mass is 16.2. The van der Waals surface area contributed by atoms with Crippen LogP contribution in [0.4, 0.5) is 5.69 Å². The van der Waals surface area contributed by atoms with Crippen molar-refractivity contribution in [2.75, 3.05) is 18.9 Å². The Kier molecular flexibility index (Phi) is 6.53. The first-order valence-electron chi connectivity index (χ1n) is 6.86. The van der Waals surface area contributed by atoms with Gasteiger partial charge in [0, 0.05) is 18.3 Å². The molecule has 0 saturated heterocycles. The lowest BCUT2D eigenvalue weighted by atomic mass is 10.2. The maximum Gasteiger partial charge on any atom is 0.238 e. The van der Waals surface area contributed by atoms with Crippen molar-refractivity contribution in [1.29, 1.82) is 0 Å². The zero-order valence-corrected chi connectivity index (χ0v) is 12.1. The maximum atomic E-state index is 11.9. The lowest BCUT2D eigenvalue weighted by Crippen LogP contribution is -2.36. The number of amides is 1. The van der Waals surface area contributed by atoms with Crippen LogP contribution in [0.2, 0.25) is 0 Å². The van der Waals surface area contributed by atoms with Crippen LogP contribution in [0.25, 0.3) is 0 Å². The van der Waals surface area contributed by atoms with Crippen molar-refractivity contribution in [3.8, 4) is 0 Å². The second kappa shape index (κ2) is 7.92. The average Bonchev–Trinajstić information content (AvgIpc) is 2.39. The molecular formula is C15H25N3O. The average molecular weight is 263 g/mol. The molecule has 4 nitrogen and oxygen atoms in total. The van der Waals surface area contributed by atoms with Gasteiger partial charge < -0.3 is 11.1 Å². The number of likely N-dealkylation sites (N-methyl/N-ethyl adjacent to an activating group) is 1. The van der Waals surface area contributed by atoms with Gasteiger partial charge in [0.25, 0.3) is 0 Å². The predicted octanol–water partition coefficient (Wildman–Crippen LogP) is 2.20. The minimum Gasteiger partial charge on any atom is -0.326 e. The summed E-state index contributed by atoms with van der Waals surface area (Å²) < 4.78 is 0. The van der Waals surface area contributed by atoms with Gasteiger partial charge in [-0.05, 0) is 38.1 Å². The molecule has 0 aliphatic carbocycles. The zero-order valence-electron chi connectivity index (χ0n) is 12.1. The van der Waals surface area contributed by atoms with E-state index in [0.29, 0.717) is 19.1 Å². The van der Waals surface area contributed by atoms with E-state index >= 15 is 0 Å². The maximum absolute atomic E-state index is 11.9. The van der Waals surface area contributed by atoms with E-state index in [1.165, 1.54) is 0 Å². The number of benzene rings is 1. The number of hydrogen-bond donors (Lipinski definition) is 2. The lowest BCUT2D eigenvalue weighted by molar-refractivity contribution is -0.117. The number of nitrogens with one attached hydrogen (secondary N) is 1. The Morgan fingerprint density at radius 3 is 2.53 bits per heavy atom. The first kappa shape index (κ1) is 15.7. The van der Waals surface area contributed by atoms with Crippen molar-refractivity contribution >= 4 is 11.6 Å². The summed E-state index contributed by atoms with van der Waals surface area (Å²) in [7, 11) is 1.98. The molecule has 1 amide bonds. The van der Waals surface area contributed by atoms with Crippen LogP contribution >= 0.6 is 0 Å². The fraction of sp³-hybridized carbons (Fsp3) is 0.533. The molecule has 1 aromatic carbocycles. The second-order valence-electron chi connectivity index (χ2n) is 5.00. The van der Waals surface area contributed by atoms with Gasteiger partial charge in [-0.25, -0.2) is 0 Å². The minimum atomic E-state index is 0.0194. The van der Waals surface area contributed by atoms with Gasteiger partial charge in [-0.1, -0.05) is 25.5 Å². The van der Waals surface area contributed by atoms with Gasteiger partial charge >= 0.3 is 0 Å². The quantitative estimate of drug-likeness (QED) is 0.793. The largest absolute Gasteiger partial charge is 0.326 e. The summed E-state index contributed by atoms with van der Waals surface area (Å²) in [5, 5.41) is 2.90. The molecule has 19 heavy (non-hydrogen) atoms. The van der Waals surface area contributed by atoms with Crippen molar-refractivity contribution < 1.29 is 4.79 Å². The number of carbonyl (C=O) groups excluding carboxylic acids is 1. The summed E-state index contributed by atoms with van der Waals surface area (Å²) in [5.74, 6) is 0.0194. The molecule has 0 saturated carbocycles. The van der Waals surface area contributed by atoms with Gasteiger partial charge in [-0.15, -0.1) is 0 Å². The Balaban J connectivity index is 2.45. The van der Waals surface area contributed by atoms with Crippen LogP contribution in [0.15, 0.2) is 24.3 Å². The SMILES string of the molecule is CCCC(C)N(C)CC(=O)Nc1ccc(CN)cc1. The summed E-state index contributed by atoms with van der Waals surface area (Å²) in [5.41, 5.74) is 7.41. The molecule has 0 fully saturated rings. The highest BCUT2D eigenvalue weighted by Crippen LogP contribution is 2.09. The standard InChI is InChI=1S/C15H25N3O/c1-4-5-12(2)18(3)11-15(19)17-14-8-6-13(10-16)7-9-14/h6-9,12H,4-5,10-11,16H2,1-3H3,(H,17,19). The first-order valence-corrected chi connectivity index (χ1v) is 6.86. The molecule has 0 radical (unpaired) electrons. The number of hydrogen-bond acceptors (Lipinski definition) is 3. The van der Waals surface area contributed by atoms with Gasteiger partial charge in [0.1, 0.15) is 0 Å². The highest BCUT2D eigenvalue weighted by Gasteiger charge is 2.12. The summed E-state index contributed by atoms with van der Waals surface area (Å²) in [6.07, 6.45) is 2.24. The lowest BCUT2D eigenvalue weighted by Gasteiger charge is -2.23. The van der Waals surface area contributed by atoms with Crippen molar-refractivity contribution in [1.82, 2.24) is 4.90 Å². The molecule has 3 N–H and O–H groups in total. The van der Waals surface area contributed by atoms with E-state index in [1.54, 1.807) is 0 Å². The van der Waals surface area contributed by atoms with Gasteiger partial charge in [0.2, 0.25) is 5.91 Å². The molecule has 1 aromatic rings. The first-order chi connectivity index (χ1) is 9.06. The number of rotatable bonds is 7. The van der Waals surface area contributed by atoms with Gasteiger partial charge in [0.15, 0.2) is 0 Å². The van der Waals surface area contributed by atoms with E-state index in [9.17, 15) is 4.79 Å². The Morgan fingerprint density at radius 2 is 2.00 bits per heavy atom. The summed E-state index contributed by atoms with van der Waals surface area (Å²) in [6.45, 7) is 5.24. The third kappa shape index (κ3) is 5.41. The third-order valence-electron chi connectivity index (χ3n) is 3.33. The predicted molar refractivity (Wildman–Crippen MR) is 80.0 cm³/mol. The zero-order chi connectivity index (χ0) is 14.3. The molecule has 1 atom stereocenters. The summed E-state index contributed by atoms with van der Waals surface area (Å²) >= 11 is 0. The van der Waals surface area contributed by atoms with Gasteiger partial charge in [-0.2, -0.15) is 0 Å². The molecular weight excluding hydrogens is 238 g/mol. The summed E-state index contributed by atoms with van der Waals surface area (Å²) in [4.78, 5) is 14.0. The van der Waals surface area contributed by atoms with Crippen molar-refractivity contribution in [3.63, 3.8) is 0 Å². The number of carbonyl (C=O) groups is 1. The molecule has 1 rings (SSSR count). The molecule has 1 unspecified atom stereocenters. The van der Waals surface area contributed by atoms with Crippen LogP contribution in [0.3, 0.4) is 0 Å². The van der Waals surface area contributed by atoms with Gasteiger partial charge in [-0.3, -0.25) is 9.69 Å². The number of anilines is 1.